The number of rotatable bonds is 6. The van der Waals surface area contributed by atoms with Crippen molar-refractivity contribution in [2.24, 2.45) is 5.73 Å². The van der Waals surface area contributed by atoms with Gasteiger partial charge in [-0.25, -0.2) is 0 Å². The number of ether oxygens (including phenoxy) is 1. The first-order valence-electron chi connectivity index (χ1n) is 7.56. The molecule has 1 aliphatic heterocycles. The molecule has 118 valence electrons. The Hall–Kier alpha value is -0.320. The van der Waals surface area contributed by atoms with Crippen LogP contribution in [0, 0.1) is 0 Å². The average Bonchev–Trinajstić information content (AvgIpc) is 2.49. The summed E-state index contributed by atoms with van der Waals surface area (Å²) in [6, 6.07) is 5.32. The molecule has 3 atom stereocenters. The predicted molar refractivity (Wildman–Crippen MR) is 87.1 cm³/mol. The van der Waals surface area contributed by atoms with E-state index in [1.807, 2.05) is 6.07 Å². The van der Waals surface area contributed by atoms with E-state index in [9.17, 15) is 5.11 Å². The number of aliphatic hydroxyl groups excluding tert-OH is 1. The zero-order valence-corrected chi connectivity index (χ0v) is 13.6. The van der Waals surface area contributed by atoms with Crippen LogP contribution in [-0.4, -0.2) is 30.5 Å². The van der Waals surface area contributed by atoms with E-state index in [0.29, 0.717) is 23.0 Å². The average molecular weight is 332 g/mol. The number of hydrogen-bond acceptors (Lipinski definition) is 3. The summed E-state index contributed by atoms with van der Waals surface area (Å²) in [5.74, 6) is -0.168. The summed E-state index contributed by atoms with van der Waals surface area (Å²) in [7, 11) is 0. The molecule has 1 aromatic rings. The lowest BCUT2D eigenvalue weighted by Crippen LogP contribution is -2.28. The van der Waals surface area contributed by atoms with Crippen LogP contribution in [0.5, 0.6) is 0 Å². The first kappa shape index (κ1) is 17.0. The molecule has 0 spiro atoms. The lowest BCUT2D eigenvalue weighted by molar-refractivity contribution is 0.000435. The second-order valence-corrected chi connectivity index (χ2v) is 6.48. The Bertz CT molecular complexity index is 450. The normalized spacial score (nSPS) is 22.0. The van der Waals surface area contributed by atoms with Gasteiger partial charge in [0.05, 0.1) is 12.2 Å². The molecule has 0 aliphatic carbocycles. The Balaban J connectivity index is 1.95. The Morgan fingerprint density at radius 2 is 2.14 bits per heavy atom. The molecule has 3 N–H and O–H groups in total. The third-order valence-electron chi connectivity index (χ3n) is 4.14. The van der Waals surface area contributed by atoms with Gasteiger partial charge in [-0.2, -0.15) is 0 Å². The standard InChI is InChI=1S/C16H23Cl2NO2/c17-11-4-6-13(15(18)9-11)14(10-19)16(20)7-5-12-3-1-2-8-21-12/h4,6,9,12,14,16,20H,1-3,5,7-8,10,19H2. The summed E-state index contributed by atoms with van der Waals surface area (Å²) in [5.41, 5.74) is 6.70. The van der Waals surface area contributed by atoms with Crippen molar-refractivity contribution in [1.29, 1.82) is 0 Å². The Kier molecular flexibility index (Phi) is 6.77. The molecule has 0 radical (unpaired) electrons. The number of halogens is 2. The second kappa shape index (κ2) is 8.35. The number of hydrogen-bond donors (Lipinski definition) is 2. The maximum Gasteiger partial charge on any atom is 0.0622 e. The topological polar surface area (TPSA) is 55.5 Å². The molecule has 21 heavy (non-hydrogen) atoms. The molecule has 3 nitrogen and oxygen atoms in total. The molecule has 5 heteroatoms. The van der Waals surface area contributed by atoms with E-state index in [1.165, 1.54) is 6.42 Å². The molecule has 1 aliphatic rings. The highest BCUT2D eigenvalue weighted by Crippen LogP contribution is 2.31. The van der Waals surface area contributed by atoms with Crippen molar-refractivity contribution < 1.29 is 9.84 Å². The van der Waals surface area contributed by atoms with Crippen molar-refractivity contribution in [2.45, 2.75) is 50.2 Å². The van der Waals surface area contributed by atoms with Crippen LogP contribution in [-0.2, 0) is 4.74 Å². The van der Waals surface area contributed by atoms with Gasteiger partial charge in [-0.3, -0.25) is 0 Å². The van der Waals surface area contributed by atoms with Crippen molar-refractivity contribution in [3.8, 4) is 0 Å². The van der Waals surface area contributed by atoms with Crippen LogP contribution < -0.4 is 5.73 Å². The quantitative estimate of drug-likeness (QED) is 0.834. The minimum Gasteiger partial charge on any atom is -0.392 e. The summed E-state index contributed by atoms with van der Waals surface area (Å²) in [6.45, 7) is 1.19. The summed E-state index contributed by atoms with van der Waals surface area (Å²) in [4.78, 5) is 0. The van der Waals surface area contributed by atoms with E-state index >= 15 is 0 Å². The van der Waals surface area contributed by atoms with E-state index in [4.69, 9.17) is 33.7 Å². The van der Waals surface area contributed by atoms with Crippen molar-refractivity contribution >= 4 is 23.2 Å². The van der Waals surface area contributed by atoms with Gasteiger partial charge in [0.15, 0.2) is 0 Å². The van der Waals surface area contributed by atoms with Crippen LogP contribution in [0.1, 0.15) is 43.6 Å². The van der Waals surface area contributed by atoms with Crippen LogP contribution in [0.15, 0.2) is 18.2 Å². The molecule has 3 unspecified atom stereocenters. The van der Waals surface area contributed by atoms with Gasteiger partial charge in [0.2, 0.25) is 0 Å². The van der Waals surface area contributed by atoms with Crippen molar-refractivity contribution in [3.63, 3.8) is 0 Å². The van der Waals surface area contributed by atoms with E-state index in [1.54, 1.807) is 12.1 Å². The molecule has 0 saturated carbocycles. The third kappa shape index (κ3) is 4.83. The third-order valence-corrected chi connectivity index (χ3v) is 4.70. The first-order chi connectivity index (χ1) is 10.1. The highest BCUT2D eigenvalue weighted by Gasteiger charge is 2.24. The van der Waals surface area contributed by atoms with Crippen molar-refractivity contribution in [3.05, 3.63) is 33.8 Å². The van der Waals surface area contributed by atoms with Crippen LogP contribution in [0.4, 0.5) is 0 Å². The van der Waals surface area contributed by atoms with Crippen LogP contribution in [0.3, 0.4) is 0 Å². The summed E-state index contributed by atoms with van der Waals surface area (Å²) in [6.07, 6.45) is 4.73. The van der Waals surface area contributed by atoms with Gasteiger partial charge in [0, 0.05) is 29.1 Å². The molecule has 1 heterocycles. The Labute approximate surface area is 136 Å². The molecule has 0 aromatic heterocycles. The molecule has 2 rings (SSSR count). The highest BCUT2D eigenvalue weighted by molar-refractivity contribution is 6.35. The zero-order chi connectivity index (χ0) is 15.2. The van der Waals surface area contributed by atoms with Gasteiger partial charge in [-0.05, 0) is 49.8 Å². The van der Waals surface area contributed by atoms with Gasteiger partial charge in [-0.15, -0.1) is 0 Å². The highest BCUT2D eigenvalue weighted by atomic mass is 35.5. The fourth-order valence-electron chi connectivity index (χ4n) is 2.89. The van der Waals surface area contributed by atoms with Crippen LogP contribution in [0.25, 0.3) is 0 Å². The molecule has 1 fully saturated rings. The van der Waals surface area contributed by atoms with Crippen LogP contribution >= 0.6 is 23.2 Å². The fourth-order valence-corrected chi connectivity index (χ4v) is 3.44. The van der Waals surface area contributed by atoms with E-state index in [2.05, 4.69) is 0 Å². The molecular formula is C16H23Cl2NO2. The molecule has 0 amide bonds. The lowest BCUT2D eigenvalue weighted by atomic mass is 9.89. The van der Waals surface area contributed by atoms with E-state index in [0.717, 1.165) is 31.4 Å². The number of benzene rings is 1. The van der Waals surface area contributed by atoms with E-state index < -0.39 is 6.10 Å². The minimum atomic E-state index is -0.515. The summed E-state index contributed by atoms with van der Waals surface area (Å²) >= 11 is 12.1. The Morgan fingerprint density at radius 3 is 2.76 bits per heavy atom. The molecular weight excluding hydrogens is 309 g/mol. The molecule has 1 aromatic carbocycles. The van der Waals surface area contributed by atoms with Gasteiger partial charge in [0.25, 0.3) is 0 Å². The lowest BCUT2D eigenvalue weighted by Gasteiger charge is -2.27. The monoisotopic (exact) mass is 331 g/mol. The second-order valence-electron chi connectivity index (χ2n) is 5.64. The van der Waals surface area contributed by atoms with Gasteiger partial charge >= 0.3 is 0 Å². The van der Waals surface area contributed by atoms with Gasteiger partial charge in [0.1, 0.15) is 0 Å². The maximum atomic E-state index is 10.5. The molecule has 1 saturated heterocycles. The van der Waals surface area contributed by atoms with Crippen molar-refractivity contribution in [2.75, 3.05) is 13.2 Å². The van der Waals surface area contributed by atoms with Gasteiger partial charge in [-0.1, -0.05) is 29.3 Å². The largest absolute Gasteiger partial charge is 0.392 e. The summed E-state index contributed by atoms with van der Waals surface area (Å²) in [5, 5.41) is 11.6. The minimum absolute atomic E-state index is 0.168. The SMILES string of the molecule is NCC(c1ccc(Cl)cc1Cl)C(O)CCC1CCCCO1. The predicted octanol–water partition coefficient (Wildman–Crippen LogP) is 3.75. The maximum absolute atomic E-state index is 10.5. The van der Waals surface area contributed by atoms with Crippen LogP contribution in [0.2, 0.25) is 10.0 Å². The van der Waals surface area contributed by atoms with Crippen molar-refractivity contribution in [1.82, 2.24) is 0 Å². The molecule has 0 bridgehead atoms. The van der Waals surface area contributed by atoms with Gasteiger partial charge < -0.3 is 15.6 Å². The zero-order valence-electron chi connectivity index (χ0n) is 12.1. The number of nitrogens with two attached hydrogens (primary N) is 1. The number of aliphatic hydroxyl groups is 1. The smallest absolute Gasteiger partial charge is 0.0622 e. The Morgan fingerprint density at radius 1 is 1.33 bits per heavy atom. The fraction of sp³-hybridized carbons (Fsp3) is 0.625. The van der Waals surface area contributed by atoms with E-state index in [-0.39, 0.29) is 12.0 Å². The first-order valence-corrected chi connectivity index (χ1v) is 8.32. The summed E-state index contributed by atoms with van der Waals surface area (Å²) < 4.78 is 5.70.